The Morgan fingerprint density at radius 1 is 1.00 bits per heavy atom. The van der Waals surface area contributed by atoms with E-state index in [1.807, 2.05) is 36.1 Å². The molecule has 0 bridgehead atoms. The smallest absolute Gasteiger partial charge is 0.260 e. The third kappa shape index (κ3) is 4.42. The predicted octanol–water partition coefficient (Wildman–Crippen LogP) is 2.99. The van der Waals surface area contributed by atoms with Crippen molar-refractivity contribution in [1.29, 1.82) is 0 Å². The average Bonchev–Trinajstić information content (AvgIpc) is 3.54. The molecule has 0 spiro atoms. The van der Waals surface area contributed by atoms with E-state index in [2.05, 4.69) is 0 Å². The van der Waals surface area contributed by atoms with Crippen LogP contribution in [0, 0.1) is 18.7 Å². The second kappa shape index (κ2) is 8.23. The summed E-state index contributed by atoms with van der Waals surface area (Å²) in [6, 6.07) is 14.0. The van der Waals surface area contributed by atoms with Crippen molar-refractivity contribution >= 4 is 11.8 Å². The molecule has 6 heteroatoms. The second-order valence-electron chi connectivity index (χ2n) is 7.76. The van der Waals surface area contributed by atoms with Crippen LogP contribution >= 0.6 is 0 Å². The van der Waals surface area contributed by atoms with Gasteiger partial charge in [0.2, 0.25) is 5.91 Å². The van der Waals surface area contributed by atoms with Crippen LogP contribution in [0.4, 0.5) is 4.39 Å². The summed E-state index contributed by atoms with van der Waals surface area (Å²) in [5, 5.41) is 0. The van der Waals surface area contributed by atoms with Crippen molar-refractivity contribution in [2.45, 2.75) is 19.3 Å². The summed E-state index contributed by atoms with van der Waals surface area (Å²) in [5.74, 6) is 0.704. The van der Waals surface area contributed by atoms with E-state index < -0.39 is 0 Å². The standard InChI is InChI=1S/C23H25FN2O3/c1-16-4-2-3-5-21(16)29-15-22(27)25-10-12-26(13-11-25)23(28)20-14-19(20)17-6-8-18(24)9-7-17/h2-9,19-20H,10-15H2,1H3. The molecule has 5 nitrogen and oxygen atoms in total. The van der Waals surface area contributed by atoms with Crippen molar-refractivity contribution in [1.82, 2.24) is 9.80 Å². The maximum Gasteiger partial charge on any atom is 0.260 e. The molecule has 2 atom stereocenters. The SMILES string of the molecule is Cc1ccccc1OCC(=O)N1CCN(C(=O)C2CC2c2ccc(F)cc2)CC1. The van der Waals surface area contributed by atoms with Crippen LogP contribution in [0.5, 0.6) is 5.75 Å². The number of aryl methyl sites for hydroxylation is 1. The molecule has 152 valence electrons. The molecule has 2 unspecified atom stereocenters. The van der Waals surface area contributed by atoms with Gasteiger partial charge in [-0.2, -0.15) is 0 Å². The minimum Gasteiger partial charge on any atom is -0.484 e. The fraction of sp³-hybridized carbons (Fsp3) is 0.391. The van der Waals surface area contributed by atoms with Gasteiger partial charge in [-0.3, -0.25) is 9.59 Å². The largest absolute Gasteiger partial charge is 0.484 e. The van der Waals surface area contributed by atoms with E-state index >= 15 is 0 Å². The topological polar surface area (TPSA) is 49.9 Å². The second-order valence-corrected chi connectivity index (χ2v) is 7.76. The van der Waals surface area contributed by atoms with Crippen LogP contribution < -0.4 is 4.74 Å². The van der Waals surface area contributed by atoms with E-state index in [1.165, 1.54) is 12.1 Å². The van der Waals surface area contributed by atoms with Gasteiger partial charge in [-0.1, -0.05) is 30.3 Å². The van der Waals surface area contributed by atoms with Crippen LogP contribution in [0.2, 0.25) is 0 Å². The zero-order valence-corrected chi connectivity index (χ0v) is 16.5. The summed E-state index contributed by atoms with van der Waals surface area (Å²) in [6.07, 6.45) is 0.813. The molecule has 2 aliphatic rings. The minimum atomic E-state index is -0.260. The molecule has 4 rings (SSSR count). The van der Waals surface area contributed by atoms with E-state index in [-0.39, 0.29) is 36.1 Å². The Labute approximate surface area is 170 Å². The number of carbonyl (C=O) groups excluding carboxylic acids is 2. The van der Waals surface area contributed by atoms with Gasteiger partial charge >= 0.3 is 0 Å². The highest BCUT2D eigenvalue weighted by atomic mass is 19.1. The van der Waals surface area contributed by atoms with Crippen LogP contribution in [-0.2, 0) is 9.59 Å². The molecule has 0 radical (unpaired) electrons. The minimum absolute atomic E-state index is 0.00800. The third-order valence-corrected chi connectivity index (χ3v) is 5.79. The van der Waals surface area contributed by atoms with Crippen molar-refractivity contribution in [3.05, 3.63) is 65.5 Å². The highest BCUT2D eigenvalue weighted by molar-refractivity contribution is 5.83. The summed E-state index contributed by atoms with van der Waals surface area (Å²) in [7, 11) is 0. The third-order valence-electron chi connectivity index (χ3n) is 5.79. The maximum absolute atomic E-state index is 13.1. The Hall–Kier alpha value is -2.89. The number of carbonyl (C=O) groups is 2. The van der Waals surface area contributed by atoms with Crippen molar-refractivity contribution in [3.8, 4) is 5.75 Å². The van der Waals surface area contributed by atoms with Crippen molar-refractivity contribution < 1.29 is 18.7 Å². The molecule has 1 heterocycles. The van der Waals surface area contributed by atoms with E-state index in [0.29, 0.717) is 26.2 Å². The number of benzene rings is 2. The molecule has 1 aliphatic carbocycles. The number of para-hydroxylation sites is 1. The van der Waals surface area contributed by atoms with E-state index in [1.54, 1.807) is 17.0 Å². The molecule has 1 saturated carbocycles. The maximum atomic E-state index is 13.1. The number of nitrogens with zero attached hydrogens (tertiary/aromatic N) is 2. The van der Waals surface area contributed by atoms with Gasteiger partial charge in [-0.15, -0.1) is 0 Å². The highest BCUT2D eigenvalue weighted by Crippen LogP contribution is 2.48. The first-order chi connectivity index (χ1) is 14.0. The number of rotatable bonds is 5. The molecule has 1 saturated heterocycles. The Bertz CT molecular complexity index is 891. The molecule has 2 aromatic carbocycles. The number of hydrogen-bond donors (Lipinski definition) is 0. The number of halogens is 1. The van der Waals surface area contributed by atoms with E-state index in [0.717, 1.165) is 23.3 Å². The van der Waals surface area contributed by atoms with Gasteiger partial charge < -0.3 is 14.5 Å². The average molecular weight is 396 g/mol. The van der Waals surface area contributed by atoms with Gasteiger partial charge in [-0.05, 0) is 48.6 Å². The highest BCUT2D eigenvalue weighted by Gasteiger charge is 2.46. The first kappa shape index (κ1) is 19.4. The lowest BCUT2D eigenvalue weighted by atomic mass is 10.1. The fourth-order valence-electron chi connectivity index (χ4n) is 3.91. The molecule has 2 fully saturated rings. The number of hydrogen-bond acceptors (Lipinski definition) is 3. The van der Waals surface area contributed by atoms with Crippen molar-refractivity contribution in [3.63, 3.8) is 0 Å². The van der Waals surface area contributed by atoms with Gasteiger partial charge in [-0.25, -0.2) is 4.39 Å². The van der Waals surface area contributed by atoms with Crippen LogP contribution in [0.3, 0.4) is 0 Å². The molecule has 0 N–H and O–H groups in total. The normalized spacial score (nSPS) is 21.0. The molecule has 2 amide bonds. The lowest BCUT2D eigenvalue weighted by Crippen LogP contribution is -2.52. The Kier molecular flexibility index (Phi) is 5.51. The Morgan fingerprint density at radius 2 is 1.66 bits per heavy atom. The summed E-state index contributed by atoms with van der Waals surface area (Å²) in [6.45, 7) is 4.09. The van der Waals surface area contributed by atoms with Crippen molar-refractivity contribution in [2.24, 2.45) is 5.92 Å². The van der Waals surface area contributed by atoms with Crippen molar-refractivity contribution in [2.75, 3.05) is 32.8 Å². The number of amides is 2. The predicted molar refractivity (Wildman–Crippen MR) is 107 cm³/mol. The molecule has 2 aromatic rings. The quantitative estimate of drug-likeness (QED) is 0.781. The lowest BCUT2D eigenvalue weighted by Gasteiger charge is -2.35. The fourth-order valence-corrected chi connectivity index (χ4v) is 3.91. The molecule has 29 heavy (non-hydrogen) atoms. The molecular weight excluding hydrogens is 371 g/mol. The zero-order chi connectivity index (χ0) is 20.4. The molecule has 0 aromatic heterocycles. The summed E-state index contributed by atoms with van der Waals surface area (Å²) in [5.41, 5.74) is 2.02. The van der Waals surface area contributed by atoms with Gasteiger partial charge in [0.1, 0.15) is 11.6 Å². The summed E-state index contributed by atoms with van der Waals surface area (Å²) < 4.78 is 18.7. The van der Waals surface area contributed by atoms with Gasteiger partial charge in [0.25, 0.3) is 5.91 Å². The van der Waals surface area contributed by atoms with Crippen LogP contribution in [0.1, 0.15) is 23.5 Å². The van der Waals surface area contributed by atoms with Gasteiger partial charge in [0.15, 0.2) is 6.61 Å². The Balaban J connectivity index is 1.24. The number of ether oxygens (including phenoxy) is 1. The van der Waals surface area contributed by atoms with Gasteiger partial charge in [0.05, 0.1) is 0 Å². The monoisotopic (exact) mass is 396 g/mol. The van der Waals surface area contributed by atoms with Crippen LogP contribution in [0.25, 0.3) is 0 Å². The first-order valence-electron chi connectivity index (χ1n) is 10.0. The first-order valence-corrected chi connectivity index (χ1v) is 10.0. The zero-order valence-electron chi connectivity index (χ0n) is 16.5. The van der Waals surface area contributed by atoms with Crippen LogP contribution in [0.15, 0.2) is 48.5 Å². The molecule has 1 aliphatic heterocycles. The summed E-state index contributed by atoms with van der Waals surface area (Å²) in [4.78, 5) is 28.8. The molecular formula is C23H25FN2O3. The van der Waals surface area contributed by atoms with E-state index in [4.69, 9.17) is 4.74 Å². The number of piperazine rings is 1. The van der Waals surface area contributed by atoms with Crippen LogP contribution in [-0.4, -0.2) is 54.4 Å². The Morgan fingerprint density at radius 3 is 2.34 bits per heavy atom. The van der Waals surface area contributed by atoms with E-state index in [9.17, 15) is 14.0 Å². The van der Waals surface area contributed by atoms with Gasteiger partial charge in [0, 0.05) is 32.1 Å². The lowest BCUT2D eigenvalue weighted by molar-refractivity contribution is -0.141. The summed E-state index contributed by atoms with van der Waals surface area (Å²) >= 11 is 0.